The van der Waals surface area contributed by atoms with Crippen molar-refractivity contribution >= 4 is 17.7 Å². The fraction of sp³-hybridized carbons (Fsp3) is 0.217. The van der Waals surface area contributed by atoms with Crippen molar-refractivity contribution in [3.05, 3.63) is 77.1 Å². The molecule has 0 aliphatic heterocycles. The number of aryl methyl sites for hydroxylation is 1. The minimum Gasteiger partial charge on any atom is -0.497 e. The zero-order valence-corrected chi connectivity index (χ0v) is 17.5. The van der Waals surface area contributed by atoms with E-state index in [-0.39, 0.29) is 5.91 Å². The van der Waals surface area contributed by atoms with Gasteiger partial charge >= 0.3 is 6.09 Å². The number of amides is 2. The van der Waals surface area contributed by atoms with Crippen molar-refractivity contribution in [2.45, 2.75) is 20.4 Å². The lowest BCUT2D eigenvalue weighted by Crippen LogP contribution is -2.23. The quantitative estimate of drug-likeness (QED) is 0.641. The summed E-state index contributed by atoms with van der Waals surface area (Å²) >= 11 is 0. The van der Waals surface area contributed by atoms with Crippen LogP contribution >= 0.6 is 0 Å². The molecule has 0 fully saturated rings. The van der Waals surface area contributed by atoms with Gasteiger partial charge in [0.1, 0.15) is 5.75 Å². The van der Waals surface area contributed by atoms with E-state index in [1.165, 1.54) is 7.11 Å². The Bertz CT molecular complexity index is 1050. The number of ether oxygens (including phenoxy) is 2. The van der Waals surface area contributed by atoms with Crippen molar-refractivity contribution in [1.29, 1.82) is 0 Å². The van der Waals surface area contributed by atoms with Crippen LogP contribution in [0.15, 0.2) is 54.6 Å². The highest BCUT2D eigenvalue weighted by Crippen LogP contribution is 2.24. The first-order valence-corrected chi connectivity index (χ1v) is 9.48. The molecule has 0 bridgehead atoms. The third kappa shape index (κ3) is 4.63. The highest BCUT2D eigenvalue weighted by Gasteiger charge is 2.17. The van der Waals surface area contributed by atoms with E-state index >= 15 is 0 Å². The Kier molecular flexibility index (Phi) is 6.41. The molecule has 0 atom stereocenters. The molecule has 3 rings (SSSR count). The minimum atomic E-state index is -0.526. The summed E-state index contributed by atoms with van der Waals surface area (Å²) in [6, 6.07) is 16.8. The maximum atomic E-state index is 12.8. The summed E-state index contributed by atoms with van der Waals surface area (Å²) in [6.45, 7) is 4.27. The second kappa shape index (κ2) is 9.17. The first-order chi connectivity index (χ1) is 14.4. The third-order valence-corrected chi connectivity index (χ3v) is 4.83. The molecule has 0 aliphatic rings. The normalized spacial score (nSPS) is 10.4. The van der Waals surface area contributed by atoms with Crippen LogP contribution in [0.5, 0.6) is 5.75 Å². The van der Waals surface area contributed by atoms with Gasteiger partial charge in [-0.2, -0.15) is 0 Å². The zero-order valence-electron chi connectivity index (χ0n) is 17.5. The van der Waals surface area contributed by atoms with Crippen LogP contribution in [0.3, 0.4) is 0 Å². The summed E-state index contributed by atoms with van der Waals surface area (Å²) in [4.78, 5) is 24.0. The average molecular weight is 407 g/mol. The Morgan fingerprint density at radius 3 is 2.40 bits per heavy atom. The molecule has 1 heterocycles. The molecule has 2 N–H and O–H groups in total. The third-order valence-electron chi connectivity index (χ3n) is 4.83. The van der Waals surface area contributed by atoms with Crippen LogP contribution in [0.2, 0.25) is 0 Å². The van der Waals surface area contributed by atoms with Crippen molar-refractivity contribution in [3.8, 4) is 11.4 Å². The van der Waals surface area contributed by atoms with Crippen molar-refractivity contribution in [1.82, 2.24) is 9.88 Å². The average Bonchev–Trinajstić information content (AvgIpc) is 3.06. The number of carbonyl (C=O) groups excluding carboxylic acids is 2. The minimum absolute atomic E-state index is 0.144. The summed E-state index contributed by atoms with van der Waals surface area (Å²) in [6.07, 6.45) is -0.526. The maximum absolute atomic E-state index is 12.8. The molecule has 2 amide bonds. The van der Waals surface area contributed by atoms with Gasteiger partial charge in [0, 0.05) is 35.4 Å². The van der Waals surface area contributed by atoms with Gasteiger partial charge in [-0.05, 0) is 49.7 Å². The van der Waals surface area contributed by atoms with E-state index in [9.17, 15) is 9.59 Å². The fourth-order valence-corrected chi connectivity index (χ4v) is 3.29. The van der Waals surface area contributed by atoms with Crippen LogP contribution in [0.1, 0.15) is 27.3 Å². The lowest BCUT2D eigenvalue weighted by atomic mass is 10.2. The van der Waals surface area contributed by atoms with E-state index in [2.05, 4.69) is 15.4 Å². The fourth-order valence-electron chi connectivity index (χ4n) is 3.29. The number of rotatable bonds is 6. The number of hydrogen-bond donors (Lipinski definition) is 2. The van der Waals surface area contributed by atoms with Crippen molar-refractivity contribution in [2.75, 3.05) is 19.5 Å². The second-order valence-electron chi connectivity index (χ2n) is 6.82. The lowest BCUT2D eigenvalue weighted by molar-refractivity contribution is 0.0950. The van der Waals surface area contributed by atoms with Gasteiger partial charge in [-0.25, -0.2) is 4.79 Å². The Balaban J connectivity index is 1.71. The van der Waals surface area contributed by atoms with E-state index in [4.69, 9.17) is 4.74 Å². The lowest BCUT2D eigenvalue weighted by Gasteiger charge is -2.11. The number of nitrogens with zero attached hydrogens (tertiary/aromatic N) is 1. The molecule has 0 unspecified atom stereocenters. The maximum Gasteiger partial charge on any atom is 0.411 e. The molecule has 156 valence electrons. The summed E-state index contributed by atoms with van der Waals surface area (Å²) in [7, 11) is 2.94. The van der Waals surface area contributed by atoms with Crippen LogP contribution in [0, 0.1) is 13.8 Å². The van der Waals surface area contributed by atoms with Crippen molar-refractivity contribution < 1.29 is 19.1 Å². The van der Waals surface area contributed by atoms with Gasteiger partial charge in [0.15, 0.2) is 0 Å². The molecule has 2 aromatic carbocycles. The molecule has 7 nitrogen and oxygen atoms in total. The first-order valence-electron chi connectivity index (χ1n) is 9.48. The molecule has 3 aromatic rings. The molecule has 0 spiro atoms. The molecule has 30 heavy (non-hydrogen) atoms. The van der Waals surface area contributed by atoms with Gasteiger partial charge in [-0.1, -0.05) is 18.2 Å². The molecule has 0 aliphatic carbocycles. The summed E-state index contributed by atoms with van der Waals surface area (Å²) in [5.74, 6) is 0.616. The second-order valence-corrected chi connectivity index (χ2v) is 6.82. The van der Waals surface area contributed by atoms with Crippen molar-refractivity contribution in [2.24, 2.45) is 0 Å². The van der Waals surface area contributed by atoms with Gasteiger partial charge in [-0.15, -0.1) is 0 Å². The predicted octanol–water partition coefficient (Wildman–Crippen LogP) is 4.21. The van der Waals surface area contributed by atoms with Gasteiger partial charge in [0.25, 0.3) is 5.91 Å². The van der Waals surface area contributed by atoms with E-state index in [0.29, 0.717) is 17.8 Å². The Morgan fingerprint density at radius 2 is 1.73 bits per heavy atom. The smallest absolute Gasteiger partial charge is 0.411 e. The number of aromatic nitrogens is 1. The molecule has 0 radical (unpaired) electrons. The molecular weight excluding hydrogens is 382 g/mol. The van der Waals surface area contributed by atoms with Crippen LogP contribution in [0.25, 0.3) is 5.69 Å². The molecular formula is C23H25N3O4. The van der Waals surface area contributed by atoms with E-state index < -0.39 is 6.09 Å². The number of hydrogen-bond acceptors (Lipinski definition) is 4. The molecule has 1 aromatic heterocycles. The van der Waals surface area contributed by atoms with Gasteiger partial charge in [-0.3, -0.25) is 10.1 Å². The predicted molar refractivity (Wildman–Crippen MR) is 115 cm³/mol. The van der Waals surface area contributed by atoms with Gasteiger partial charge in [0.05, 0.1) is 19.8 Å². The van der Waals surface area contributed by atoms with Crippen LogP contribution < -0.4 is 15.4 Å². The Hall–Kier alpha value is -3.74. The van der Waals surface area contributed by atoms with E-state index in [0.717, 1.165) is 28.4 Å². The Labute approximate surface area is 175 Å². The highest BCUT2D eigenvalue weighted by atomic mass is 16.5. The SMILES string of the molecule is COC(=O)Nc1ccc(CNC(=O)c2cc(C)n(-c3cccc(OC)c3)c2C)cc1. The van der Waals surface area contributed by atoms with E-state index in [1.54, 1.807) is 19.2 Å². The summed E-state index contributed by atoms with van der Waals surface area (Å²) < 4.78 is 11.9. The zero-order chi connectivity index (χ0) is 21.7. The topological polar surface area (TPSA) is 81.6 Å². The number of nitrogens with one attached hydrogen (secondary N) is 2. The Morgan fingerprint density at radius 1 is 1.00 bits per heavy atom. The summed E-state index contributed by atoms with van der Waals surface area (Å²) in [5, 5.41) is 5.54. The van der Waals surface area contributed by atoms with Crippen LogP contribution in [-0.2, 0) is 11.3 Å². The number of methoxy groups -OCH3 is 2. The molecule has 7 heteroatoms. The number of anilines is 1. The molecule has 0 saturated heterocycles. The van der Waals surface area contributed by atoms with Gasteiger partial charge < -0.3 is 19.4 Å². The van der Waals surface area contributed by atoms with Crippen molar-refractivity contribution in [3.63, 3.8) is 0 Å². The monoisotopic (exact) mass is 407 g/mol. The van der Waals surface area contributed by atoms with Gasteiger partial charge in [0.2, 0.25) is 0 Å². The highest BCUT2D eigenvalue weighted by molar-refractivity contribution is 5.96. The largest absolute Gasteiger partial charge is 0.497 e. The van der Waals surface area contributed by atoms with Crippen LogP contribution in [0.4, 0.5) is 10.5 Å². The molecule has 0 saturated carbocycles. The summed E-state index contributed by atoms with van der Waals surface area (Å²) in [5.41, 5.74) is 4.93. The first kappa shape index (κ1) is 21.0. The standard InChI is InChI=1S/C23H25N3O4/c1-15-12-21(16(2)26(15)19-6-5-7-20(13-19)29-3)22(27)24-14-17-8-10-18(11-9-17)25-23(28)30-4/h5-13H,14H2,1-4H3,(H,24,27)(H,25,28). The number of carbonyl (C=O) groups is 2. The number of benzene rings is 2. The van der Waals surface area contributed by atoms with Crippen LogP contribution in [-0.4, -0.2) is 30.8 Å². The van der Waals surface area contributed by atoms with E-state index in [1.807, 2.05) is 60.9 Å².